The summed E-state index contributed by atoms with van der Waals surface area (Å²) < 4.78 is 296. The van der Waals surface area contributed by atoms with E-state index in [1.165, 1.54) is 5.56 Å². The van der Waals surface area contributed by atoms with Crippen LogP contribution in [0, 0.1) is 116 Å². The maximum Gasteiger partial charge on any atom is 0.216 e. The van der Waals surface area contributed by atoms with E-state index in [0.717, 1.165) is 17.4 Å². The fourth-order valence-corrected chi connectivity index (χ4v) is 7.04. The van der Waals surface area contributed by atoms with Crippen LogP contribution < -0.4 is 26.4 Å². The minimum atomic E-state index is -7.22. The standard InChI is InChI=1S/C24BF20.C16H13NO/c26-5-1(6(27)14(35)21(42)13(5)34)25(2-7(28)15(36)22(43)16(37)8(2)29,3-9(30)17(38)23(44)18(39)10(3)31)4-11(32)19(40)24(45)20(41)12(4)33;18-15-9-8-14-7-4-10-17(16(14)11-15)12-13-5-2-1-3-6-13/h;1-11H,12H2/q-1;/p+1. The number of fused-ring (bicyclic) bond motifs is 1. The lowest BCUT2D eigenvalue weighted by molar-refractivity contribution is -0.662. The highest BCUT2D eigenvalue weighted by molar-refractivity contribution is 7.20. The molecular formula is C40H14BF20NO. The molecule has 7 aromatic rings. The second kappa shape index (κ2) is 16.8. The number of pyridine rings is 1. The summed E-state index contributed by atoms with van der Waals surface area (Å²) in [7, 11) is 0. The molecule has 0 aliphatic carbocycles. The van der Waals surface area contributed by atoms with Crippen LogP contribution in [0.5, 0.6) is 5.75 Å². The Balaban J connectivity index is 0.000000302. The Hall–Kier alpha value is -6.81. The summed E-state index contributed by atoms with van der Waals surface area (Å²) in [6.45, 7) is 0.807. The first kappa shape index (κ1) is 45.7. The summed E-state index contributed by atoms with van der Waals surface area (Å²) in [5, 5.41) is 10.7. The summed E-state index contributed by atoms with van der Waals surface area (Å²) in [4.78, 5) is 0. The van der Waals surface area contributed by atoms with Crippen LogP contribution in [0.2, 0.25) is 0 Å². The average molecular weight is 915 g/mol. The molecule has 23 heteroatoms. The molecule has 63 heavy (non-hydrogen) atoms. The quantitative estimate of drug-likeness (QED) is 0.0584. The van der Waals surface area contributed by atoms with E-state index in [1.54, 1.807) is 12.1 Å². The highest BCUT2D eigenvalue weighted by atomic mass is 19.2. The smallest absolute Gasteiger partial charge is 0.216 e. The van der Waals surface area contributed by atoms with Gasteiger partial charge in [0, 0.05) is 17.0 Å². The number of hydrogen-bond acceptors (Lipinski definition) is 1. The Morgan fingerprint density at radius 1 is 0.349 bits per heavy atom. The molecule has 0 atom stereocenters. The zero-order chi connectivity index (χ0) is 46.7. The largest absolute Gasteiger partial charge is 0.508 e. The molecule has 0 spiro atoms. The summed E-state index contributed by atoms with van der Waals surface area (Å²) in [5.74, 6) is -71.1. The summed E-state index contributed by atoms with van der Waals surface area (Å²) >= 11 is 0. The number of aromatic hydroxyl groups is 1. The fourth-order valence-electron chi connectivity index (χ4n) is 7.04. The predicted octanol–water partition coefficient (Wildman–Crippen LogP) is 8.73. The van der Waals surface area contributed by atoms with Gasteiger partial charge in [0.1, 0.15) is 58.4 Å². The first-order valence-corrected chi connectivity index (χ1v) is 16.9. The maximum atomic E-state index is 15.4. The molecule has 328 valence electrons. The molecule has 0 saturated carbocycles. The lowest BCUT2D eigenvalue weighted by Crippen LogP contribution is -2.81. The van der Waals surface area contributed by atoms with E-state index in [2.05, 4.69) is 22.8 Å². The monoisotopic (exact) mass is 915 g/mol. The van der Waals surface area contributed by atoms with Gasteiger partial charge < -0.3 is 5.11 Å². The van der Waals surface area contributed by atoms with Gasteiger partial charge in [-0.15, -0.1) is 21.9 Å². The number of aromatic nitrogens is 1. The average Bonchev–Trinajstić information content (AvgIpc) is 3.27. The van der Waals surface area contributed by atoms with Gasteiger partial charge in [0.2, 0.25) is 5.52 Å². The van der Waals surface area contributed by atoms with Crippen LogP contribution in [0.25, 0.3) is 10.9 Å². The van der Waals surface area contributed by atoms with Crippen LogP contribution in [0.4, 0.5) is 87.8 Å². The molecule has 2 nitrogen and oxygen atoms in total. The van der Waals surface area contributed by atoms with E-state index in [0.29, 0.717) is 5.75 Å². The number of hydrogen-bond donors (Lipinski definition) is 1. The van der Waals surface area contributed by atoms with Crippen molar-refractivity contribution in [2.45, 2.75) is 6.54 Å². The van der Waals surface area contributed by atoms with Crippen LogP contribution >= 0.6 is 0 Å². The van der Waals surface area contributed by atoms with Crippen molar-refractivity contribution >= 4 is 38.9 Å². The highest BCUT2D eigenvalue weighted by Crippen LogP contribution is 2.31. The van der Waals surface area contributed by atoms with Crippen LogP contribution in [0.3, 0.4) is 0 Å². The van der Waals surface area contributed by atoms with Gasteiger partial charge in [-0.05, 0) is 18.2 Å². The zero-order valence-corrected chi connectivity index (χ0v) is 30.1. The second-order valence-corrected chi connectivity index (χ2v) is 13.2. The first-order valence-electron chi connectivity index (χ1n) is 16.9. The topological polar surface area (TPSA) is 24.1 Å². The van der Waals surface area contributed by atoms with Crippen molar-refractivity contribution < 1.29 is 97.5 Å². The van der Waals surface area contributed by atoms with Gasteiger partial charge in [0.15, 0.2) is 82.5 Å². The van der Waals surface area contributed by atoms with E-state index in [4.69, 9.17) is 0 Å². The van der Waals surface area contributed by atoms with Crippen LogP contribution in [-0.4, -0.2) is 11.3 Å². The Bertz CT molecular complexity index is 2620. The lowest BCUT2D eigenvalue weighted by Gasteiger charge is -2.44. The van der Waals surface area contributed by atoms with Crippen molar-refractivity contribution in [3.8, 4) is 5.75 Å². The first-order chi connectivity index (χ1) is 29.5. The number of halogens is 20. The molecule has 0 aliphatic heterocycles. The van der Waals surface area contributed by atoms with Crippen molar-refractivity contribution in [1.82, 2.24) is 0 Å². The van der Waals surface area contributed by atoms with Gasteiger partial charge in [-0.3, -0.25) is 0 Å². The number of rotatable bonds is 6. The molecule has 0 aliphatic rings. The van der Waals surface area contributed by atoms with Crippen molar-refractivity contribution in [1.29, 1.82) is 0 Å². The Morgan fingerprint density at radius 3 is 0.968 bits per heavy atom. The minimum Gasteiger partial charge on any atom is -0.508 e. The normalized spacial score (nSPS) is 11.6. The maximum absolute atomic E-state index is 15.4. The molecule has 0 fully saturated rings. The van der Waals surface area contributed by atoms with Crippen molar-refractivity contribution in [2.75, 3.05) is 0 Å². The second-order valence-electron chi connectivity index (χ2n) is 13.2. The van der Waals surface area contributed by atoms with Crippen molar-refractivity contribution in [3.63, 3.8) is 0 Å². The Labute approximate surface area is 337 Å². The van der Waals surface area contributed by atoms with E-state index in [9.17, 15) is 57.8 Å². The summed E-state index contributed by atoms with van der Waals surface area (Å²) in [5.41, 5.74) is -12.0. The van der Waals surface area contributed by atoms with Gasteiger partial charge in [-0.2, -0.15) is 4.57 Å². The summed E-state index contributed by atoms with van der Waals surface area (Å²) in [6, 6.07) is 19.8. The fraction of sp³-hybridized carbons (Fsp3) is 0.0250. The molecule has 1 N–H and O–H groups in total. The Kier molecular flexibility index (Phi) is 12.2. The molecule has 0 unspecified atom stereocenters. The van der Waals surface area contributed by atoms with Gasteiger partial charge in [-0.25, -0.2) is 87.8 Å². The van der Waals surface area contributed by atoms with E-state index in [-0.39, 0.29) is 0 Å². The SMILES string of the molecule is Fc1c(F)c(F)c([B-](c2c(F)c(F)c(F)c(F)c2F)(c2c(F)c(F)c(F)c(F)c2F)c2c(F)c(F)c(F)c(F)c2F)c(F)c1F.Oc1ccc2ccc[n+](Cc3ccccc3)c2c1. The minimum absolute atomic E-state index is 0.301. The van der Waals surface area contributed by atoms with Crippen molar-refractivity contribution in [2.24, 2.45) is 0 Å². The number of nitrogens with zero attached hydrogens (tertiary/aromatic N) is 1. The number of phenolic OH excluding ortho intramolecular Hbond substituents is 1. The molecular weight excluding hydrogens is 901 g/mol. The molecule has 1 aromatic heterocycles. The van der Waals surface area contributed by atoms with E-state index in [1.807, 2.05) is 36.5 Å². The van der Waals surface area contributed by atoms with Gasteiger partial charge in [-0.1, -0.05) is 30.3 Å². The molecule has 0 amide bonds. The molecule has 6 aromatic carbocycles. The van der Waals surface area contributed by atoms with Gasteiger partial charge in [0.05, 0.1) is 6.07 Å². The molecule has 0 saturated heterocycles. The zero-order valence-electron chi connectivity index (χ0n) is 30.1. The van der Waals surface area contributed by atoms with E-state index >= 15 is 35.1 Å². The number of phenols is 1. The van der Waals surface area contributed by atoms with Crippen LogP contribution in [-0.2, 0) is 6.54 Å². The van der Waals surface area contributed by atoms with Gasteiger partial charge in [0.25, 0.3) is 0 Å². The van der Waals surface area contributed by atoms with Crippen LogP contribution in [0.15, 0.2) is 66.9 Å². The summed E-state index contributed by atoms with van der Waals surface area (Å²) in [6.07, 6.45) is -5.18. The molecule has 1 heterocycles. The third kappa shape index (κ3) is 7.11. The van der Waals surface area contributed by atoms with Crippen LogP contribution in [0.1, 0.15) is 5.56 Å². The van der Waals surface area contributed by atoms with E-state index < -0.39 is 144 Å². The van der Waals surface area contributed by atoms with Crippen molar-refractivity contribution in [3.05, 3.63) is 189 Å². The lowest BCUT2D eigenvalue weighted by atomic mass is 9.12. The number of benzene rings is 6. The third-order valence-corrected chi connectivity index (χ3v) is 9.77. The third-order valence-electron chi connectivity index (χ3n) is 9.77. The predicted molar refractivity (Wildman–Crippen MR) is 181 cm³/mol. The highest BCUT2D eigenvalue weighted by Gasteiger charge is 2.52. The molecule has 0 bridgehead atoms. The molecule has 0 radical (unpaired) electrons. The van der Waals surface area contributed by atoms with Gasteiger partial charge >= 0.3 is 0 Å². The molecule has 7 rings (SSSR count). The Morgan fingerprint density at radius 2 is 0.651 bits per heavy atom.